The van der Waals surface area contributed by atoms with Crippen LogP contribution < -0.4 is 10.4 Å². The van der Waals surface area contributed by atoms with Crippen molar-refractivity contribution in [1.29, 1.82) is 0 Å². The van der Waals surface area contributed by atoms with Crippen LogP contribution in [0, 0.1) is 0 Å². The summed E-state index contributed by atoms with van der Waals surface area (Å²) < 4.78 is 0. The molecule has 0 bridgehead atoms. The van der Waals surface area contributed by atoms with E-state index in [2.05, 4.69) is 113 Å². The summed E-state index contributed by atoms with van der Waals surface area (Å²) >= 11 is 0. The molecular weight excluding hydrogens is 332 g/mol. The highest BCUT2D eigenvalue weighted by molar-refractivity contribution is 7.04. The molecule has 0 aliphatic rings. The van der Waals surface area contributed by atoms with E-state index in [0.717, 1.165) is 0 Å². The van der Waals surface area contributed by atoms with Crippen LogP contribution in [0.3, 0.4) is 0 Å². The summed E-state index contributed by atoms with van der Waals surface area (Å²) in [5.41, 5.74) is 0. The predicted octanol–water partition coefficient (Wildman–Crippen LogP) is 5.94. The molecule has 0 aliphatic carbocycles. The van der Waals surface area contributed by atoms with Crippen LogP contribution in [0.2, 0.25) is 36.8 Å². The lowest BCUT2D eigenvalue weighted by Gasteiger charge is -2.43. The Kier molecular flexibility index (Phi) is 6.28. The van der Waals surface area contributed by atoms with E-state index in [0.29, 0.717) is 0 Å². The van der Waals surface area contributed by atoms with Crippen molar-refractivity contribution >= 4 is 26.5 Å². The van der Waals surface area contributed by atoms with Crippen LogP contribution >= 0.6 is 0 Å². The van der Waals surface area contributed by atoms with Crippen molar-refractivity contribution in [3.05, 3.63) is 72.8 Å². The lowest BCUT2D eigenvalue weighted by molar-refractivity contribution is 0.730. The largest absolute Gasteiger partial charge is 0.126 e. The third-order valence-electron chi connectivity index (χ3n) is 5.13. The van der Waals surface area contributed by atoms with E-state index >= 15 is 0 Å². The van der Waals surface area contributed by atoms with Crippen molar-refractivity contribution in [3.63, 3.8) is 0 Å². The SMILES string of the molecule is CC(C)(C)[Si](C/C=C/C[Si](C)(C)C)(c1ccccc1)c1ccccc1. The molecule has 0 aliphatic heterocycles. The summed E-state index contributed by atoms with van der Waals surface area (Å²) in [4.78, 5) is 0. The average molecular weight is 367 g/mol. The van der Waals surface area contributed by atoms with E-state index in [1.54, 1.807) is 10.4 Å². The first-order valence-electron chi connectivity index (χ1n) is 9.43. The third-order valence-corrected chi connectivity index (χ3v) is 12.6. The van der Waals surface area contributed by atoms with E-state index in [1.807, 2.05) is 0 Å². The zero-order chi connectivity index (χ0) is 18.6. The second-order valence-corrected chi connectivity index (χ2v) is 19.7. The molecular formula is C23H34Si2. The van der Waals surface area contributed by atoms with Gasteiger partial charge >= 0.3 is 0 Å². The van der Waals surface area contributed by atoms with Gasteiger partial charge in [0.2, 0.25) is 0 Å². The molecule has 2 aromatic carbocycles. The van der Waals surface area contributed by atoms with Crippen molar-refractivity contribution in [3.8, 4) is 0 Å². The molecule has 0 N–H and O–H groups in total. The van der Waals surface area contributed by atoms with Gasteiger partial charge in [-0.15, -0.1) is 0 Å². The zero-order valence-electron chi connectivity index (χ0n) is 16.8. The minimum Gasteiger partial charge on any atom is -0.0915 e. The van der Waals surface area contributed by atoms with Gasteiger partial charge in [0.15, 0.2) is 0 Å². The smallest absolute Gasteiger partial charge is 0.0915 e. The van der Waals surface area contributed by atoms with E-state index in [9.17, 15) is 0 Å². The van der Waals surface area contributed by atoms with Gasteiger partial charge in [0.1, 0.15) is 8.07 Å². The molecule has 0 heterocycles. The molecule has 2 heteroatoms. The standard InChI is InChI=1S/C23H34Si2/c1-23(2,3)25(21-15-9-7-10-16-21,22-17-11-8-12-18-22)20-14-13-19-24(4,5)6/h7-18H,19-20H2,1-6H3/b14-13+. The second-order valence-electron chi connectivity index (χ2n) is 9.33. The van der Waals surface area contributed by atoms with Gasteiger partial charge in [-0.25, -0.2) is 0 Å². The monoisotopic (exact) mass is 366 g/mol. The number of rotatable bonds is 6. The Morgan fingerprint density at radius 1 is 0.680 bits per heavy atom. The van der Waals surface area contributed by atoms with E-state index < -0.39 is 16.1 Å². The lowest BCUT2D eigenvalue weighted by Crippen LogP contribution is -2.63. The molecule has 2 aromatic rings. The van der Waals surface area contributed by atoms with Crippen LogP contribution in [0.15, 0.2) is 72.8 Å². The molecule has 0 fully saturated rings. The summed E-state index contributed by atoms with van der Waals surface area (Å²) in [6.07, 6.45) is 4.96. The number of allylic oxidation sites excluding steroid dienone is 2. The van der Waals surface area contributed by atoms with Gasteiger partial charge < -0.3 is 0 Å². The summed E-state index contributed by atoms with van der Waals surface area (Å²) in [6.45, 7) is 14.6. The molecule has 0 aromatic heterocycles. The molecule has 25 heavy (non-hydrogen) atoms. The molecule has 0 nitrogen and oxygen atoms in total. The van der Waals surface area contributed by atoms with Crippen LogP contribution in [0.4, 0.5) is 0 Å². The van der Waals surface area contributed by atoms with E-state index in [4.69, 9.17) is 0 Å². The first-order valence-corrected chi connectivity index (χ1v) is 15.3. The fourth-order valence-electron chi connectivity index (χ4n) is 3.72. The van der Waals surface area contributed by atoms with Gasteiger partial charge in [-0.3, -0.25) is 0 Å². The van der Waals surface area contributed by atoms with E-state index in [-0.39, 0.29) is 5.04 Å². The topological polar surface area (TPSA) is 0 Å². The quantitative estimate of drug-likeness (QED) is 0.438. The minimum atomic E-state index is -1.92. The minimum absolute atomic E-state index is 0.249. The highest BCUT2D eigenvalue weighted by Crippen LogP contribution is 2.38. The van der Waals surface area contributed by atoms with E-state index in [1.165, 1.54) is 12.1 Å². The second kappa shape index (κ2) is 7.88. The Balaban J connectivity index is 2.53. The van der Waals surface area contributed by atoms with Gasteiger partial charge in [-0.05, 0) is 17.1 Å². The fraction of sp³-hybridized carbons (Fsp3) is 0.391. The van der Waals surface area contributed by atoms with Crippen molar-refractivity contribution in [2.75, 3.05) is 0 Å². The average Bonchev–Trinajstić information content (AvgIpc) is 2.54. The van der Waals surface area contributed by atoms with Gasteiger partial charge in [0.25, 0.3) is 0 Å². The van der Waals surface area contributed by atoms with Gasteiger partial charge in [0.05, 0.1) is 0 Å². The summed E-state index contributed by atoms with van der Waals surface area (Å²) in [6, 6.07) is 25.0. The molecule has 134 valence electrons. The Morgan fingerprint density at radius 2 is 1.08 bits per heavy atom. The fourth-order valence-corrected chi connectivity index (χ4v) is 9.78. The Hall–Kier alpha value is -1.39. The van der Waals surface area contributed by atoms with Crippen LogP contribution in [0.1, 0.15) is 20.8 Å². The first kappa shape index (κ1) is 19.9. The maximum atomic E-state index is 2.50. The van der Waals surface area contributed by atoms with Crippen molar-refractivity contribution < 1.29 is 0 Å². The van der Waals surface area contributed by atoms with Crippen molar-refractivity contribution in [2.45, 2.75) is 57.5 Å². The highest BCUT2D eigenvalue weighted by atomic mass is 28.3. The normalized spacial score (nSPS) is 13.4. The zero-order valence-corrected chi connectivity index (χ0v) is 18.8. The maximum absolute atomic E-state index is 2.50. The van der Waals surface area contributed by atoms with Crippen LogP contribution in [0.5, 0.6) is 0 Å². The highest BCUT2D eigenvalue weighted by Gasteiger charge is 2.46. The lowest BCUT2D eigenvalue weighted by atomic mass is 10.2. The molecule has 0 saturated heterocycles. The van der Waals surface area contributed by atoms with Crippen LogP contribution in [0.25, 0.3) is 0 Å². The molecule has 0 unspecified atom stereocenters. The predicted molar refractivity (Wildman–Crippen MR) is 120 cm³/mol. The third kappa shape index (κ3) is 4.83. The van der Waals surface area contributed by atoms with Gasteiger partial charge in [0, 0.05) is 8.07 Å². The summed E-state index contributed by atoms with van der Waals surface area (Å²) in [7, 11) is -2.95. The number of hydrogen-bond donors (Lipinski definition) is 0. The Morgan fingerprint density at radius 3 is 1.44 bits per heavy atom. The molecule has 2 rings (SSSR count). The molecule has 0 spiro atoms. The Bertz CT molecular complexity index is 634. The molecule has 0 atom stereocenters. The molecule has 0 saturated carbocycles. The first-order chi connectivity index (χ1) is 11.7. The maximum Gasteiger partial charge on any atom is 0.126 e. The summed E-state index contributed by atoms with van der Waals surface area (Å²) in [5.74, 6) is 0. The van der Waals surface area contributed by atoms with Crippen LogP contribution in [-0.2, 0) is 0 Å². The number of hydrogen-bond acceptors (Lipinski definition) is 0. The number of benzene rings is 2. The summed E-state index contributed by atoms with van der Waals surface area (Å²) in [5, 5.41) is 3.34. The molecule has 0 radical (unpaired) electrons. The Labute approximate surface area is 157 Å². The van der Waals surface area contributed by atoms with Crippen molar-refractivity contribution in [2.24, 2.45) is 0 Å². The van der Waals surface area contributed by atoms with Crippen molar-refractivity contribution in [1.82, 2.24) is 0 Å². The molecule has 0 amide bonds. The van der Waals surface area contributed by atoms with Crippen LogP contribution in [-0.4, -0.2) is 16.1 Å². The van der Waals surface area contributed by atoms with Gasteiger partial charge in [-0.2, -0.15) is 0 Å². The van der Waals surface area contributed by atoms with Gasteiger partial charge in [-0.1, -0.05) is 124 Å².